The lowest BCUT2D eigenvalue weighted by Crippen LogP contribution is -1.97. The zero-order chi connectivity index (χ0) is 24.5. The Bertz CT molecular complexity index is 1260. The summed E-state index contributed by atoms with van der Waals surface area (Å²) in [5.74, 6) is -2.10. The van der Waals surface area contributed by atoms with Crippen LogP contribution in [0.4, 0.5) is 0 Å². The molecule has 0 saturated heterocycles. The largest absolute Gasteiger partial charge is 0.478 e. The Morgan fingerprint density at radius 3 is 1.38 bits per heavy atom. The van der Waals surface area contributed by atoms with Gasteiger partial charge < -0.3 is 10.2 Å². The molecule has 0 radical (unpaired) electrons. The predicted octanol–water partition coefficient (Wildman–Crippen LogP) is 6.01. The van der Waals surface area contributed by atoms with Crippen molar-refractivity contribution in [3.05, 3.63) is 109 Å². The van der Waals surface area contributed by atoms with E-state index >= 15 is 0 Å². The van der Waals surface area contributed by atoms with Crippen LogP contribution in [0.2, 0.25) is 0 Å². The lowest BCUT2D eigenvalue weighted by molar-refractivity contribution is -0.133. The minimum Gasteiger partial charge on any atom is -0.478 e. The van der Waals surface area contributed by atoms with Gasteiger partial charge in [-0.25, -0.2) is 9.59 Å². The van der Waals surface area contributed by atoms with Gasteiger partial charge in [-0.15, -0.1) is 0 Å². The molecule has 0 amide bonds. The van der Waals surface area contributed by atoms with Crippen LogP contribution < -0.4 is 0 Å². The maximum absolute atomic E-state index is 10.2. The van der Waals surface area contributed by atoms with E-state index in [4.69, 9.17) is 10.2 Å². The van der Waals surface area contributed by atoms with Crippen molar-refractivity contribution in [3.63, 3.8) is 0 Å². The molecular formula is C28H24N2O4. The first-order valence-electron chi connectivity index (χ1n) is 10.5. The van der Waals surface area contributed by atoms with Gasteiger partial charge in [0.05, 0.1) is 0 Å². The van der Waals surface area contributed by atoms with E-state index in [0.717, 1.165) is 0 Å². The summed E-state index contributed by atoms with van der Waals surface area (Å²) in [6, 6.07) is 21.1. The number of rotatable bonds is 5. The van der Waals surface area contributed by atoms with E-state index in [1.165, 1.54) is 59.0 Å². The van der Waals surface area contributed by atoms with E-state index in [1.54, 1.807) is 0 Å². The summed E-state index contributed by atoms with van der Waals surface area (Å²) < 4.78 is 0. The summed E-state index contributed by atoms with van der Waals surface area (Å²) in [5, 5.41) is 19.3. The number of aliphatic carboxylic acids is 2. The molecule has 6 nitrogen and oxygen atoms in total. The summed E-state index contributed by atoms with van der Waals surface area (Å²) in [7, 11) is 0. The smallest absolute Gasteiger partial charge is 0.331 e. The lowest BCUT2D eigenvalue weighted by Gasteiger charge is -2.12. The van der Waals surface area contributed by atoms with Crippen LogP contribution in [0.1, 0.15) is 13.8 Å². The van der Waals surface area contributed by atoms with Crippen LogP contribution in [0.5, 0.6) is 0 Å². The van der Waals surface area contributed by atoms with Gasteiger partial charge in [-0.3, -0.25) is 9.97 Å². The molecule has 2 aromatic heterocycles. The molecule has 34 heavy (non-hydrogen) atoms. The van der Waals surface area contributed by atoms with Crippen LogP contribution in [0, 0.1) is 0 Å². The van der Waals surface area contributed by atoms with Crippen LogP contribution in [-0.2, 0) is 9.59 Å². The van der Waals surface area contributed by atoms with Crippen molar-refractivity contribution in [3.8, 4) is 22.3 Å². The molecule has 0 aliphatic heterocycles. The van der Waals surface area contributed by atoms with Crippen LogP contribution in [0.3, 0.4) is 0 Å². The number of hydrogen-bond donors (Lipinski definition) is 2. The van der Waals surface area contributed by atoms with Crippen molar-refractivity contribution in [1.29, 1.82) is 0 Å². The maximum Gasteiger partial charge on any atom is 0.331 e. The number of benzene rings is 2. The second kappa shape index (κ2) is 11.3. The molecule has 0 bridgehead atoms. The summed E-state index contributed by atoms with van der Waals surface area (Å²) >= 11 is 0. The maximum atomic E-state index is 10.2. The van der Waals surface area contributed by atoms with Crippen molar-refractivity contribution < 1.29 is 19.8 Å². The van der Waals surface area contributed by atoms with E-state index in [1.807, 2.05) is 24.8 Å². The summed E-state index contributed by atoms with van der Waals surface area (Å²) in [6.07, 6.45) is 9.86. The highest BCUT2D eigenvalue weighted by atomic mass is 16.4. The minimum absolute atomic E-state index is 0.107. The van der Waals surface area contributed by atoms with Crippen LogP contribution in [0.25, 0.3) is 33.0 Å². The van der Waals surface area contributed by atoms with Crippen molar-refractivity contribution >= 4 is 22.7 Å². The van der Waals surface area contributed by atoms with Gasteiger partial charge in [0.25, 0.3) is 0 Å². The Balaban J connectivity index is 0.000000232. The highest BCUT2D eigenvalue weighted by Crippen LogP contribution is 2.35. The third-order valence-corrected chi connectivity index (χ3v) is 5.15. The monoisotopic (exact) mass is 452 g/mol. The fraction of sp³-hybridized carbons (Fsp3) is 0.0714. The van der Waals surface area contributed by atoms with Crippen LogP contribution >= 0.6 is 0 Å². The normalized spacial score (nSPS) is 11.5. The van der Waals surface area contributed by atoms with E-state index in [9.17, 15) is 9.59 Å². The third kappa shape index (κ3) is 6.01. The van der Waals surface area contributed by atoms with Crippen LogP contribution in [0.15, 0.2) is 109 Å². The Kier molecular flexibility index (Phi) is 8.02. The predicted molar refractivity (Wildman–Crippen MR) is 133 cm³/mol. The van der Waals surface area contributed by atoms with Gasteiger partial charge in [-0.2, -0.15) is 0 Å². The van der Waals surface area contributed by atoms with E-state index in [2.05, 4.69) is 70.6 Å². The van der Waals surface area contributed by atoms with Gasteiger partial charge in [0.15, 0.2) is 0 Å². The summed E-state index contributed by atoms with van der Waals surface area (Å²) in [4.78, 5) is 28.7. The summed E-state index contributed by atoms with van der Waals surface area (Å²) in [6.45, 7) is 2.79. The average Bonchev–Trinajstić information content (AvgIpc) is 2.87. The quantitative estimate of drug-likeness (QED) is 0.284. The number of carboxylic acid groups (broad SMARTS) is 2. The Morgan fingerprint density at radius 1 is 0.647 bits per heavy atom. The SMILES string of the molecule is C/C(=C/C=C(/C)C(=O)O)C(=O)O.c1cc(-c2ccncc2)c2c(-c3ccncc3)cccc2c1. The molecule has 2 heterocycles. The number of aromatic nitrogens is 2. The fourth-order valence-corrected chi connectivity index (χ4v) is 3.28. The van der Waals surface area contributed by atoms with Gasteiger partial charge in [-0.05, 0) is 71.1 Å². The summed E-state index contributed by atoms with van der Waals surface area (Å²) in [5.41, 5.74) is 5.04. The molecule has 2 aromatic carbocycles. The zero-order valence-corrected chi connectivity index (χ0v) is 18.8. The topological polar surface area (TPSA) is 100 Å². The molecule has 4 aromatic rings. The Labute approximate surface area is 197 Å². The molecule has 0 aliphatic carbocycles. The molecule has 0 spiro atoms. The van der Waals surface area contributed by atoms with Crippen molar-refractivity contribution in [2.45, 2.75) is 13.8 Å². The second-order valence-corrected chi connectivity index (χ2v) is 7.49. The first-order valence-corrected chi connectivity index (χ1v) is 10.5. The second-order valence-electron chi connectivity index (χ2n) is 7.49. The molecular weight excluding hydrogens is 428 g/mol. The average molecular weight is 453 g/mol. The number of pyridine rings is 2. The number of allylic oxidation sites excluding steroid dienone is 2. The molecule has 2 N–H and O–H groups in total. The minimum atomic E-state index is -1.05. The molecule has 0 saturated carbocycles. The van der Waals surface area contributed by atoms with Crippen molar-refractivity contribution in [2.24, 2.45) is 0 Å². The lowest BCUT2D eigenvalue weighted by atomic mass is 9.92. The van der Waals surface area contributed by atoms with E-state index in [-0.39, 0.29) is 11.1 Å². The number of hydrogen-bond acceptors (Lipinski definition) is 4. The third-order valence-electron chi connectivity index (χ3n) is 5.15. The standard InChI is InChI=1S/C20H14N2.C8H10O4/c1-3-17-4-2-6-19(16-9-13-22-14-10-16)20(17)18(5-1)15-7-11-21-12-8-15;1-5(7(9)10)3-4-6(2)8(11)12/h1-14H;3-4H,1-2H3,(H,9,10)(H,11,12)/b;5-3-,6-4-. The highest BCUT2D eigenvalue weighted by molar-refractivity contribution is 6.06. The van der Waals surface area contributed by atoms with Gasteiger partial charge in [0.2, 0.25) is 0 Å². The van der Waals surface area contributed by atoms with Gasteiger partial charge >= 0.3 is 11.9 Å². The first kappa shape index (κ1) is 24.1. The van der Waals surface area contributed by atoms with Gasteiger partial charge in [-0.1, -0.05) is 48.6 Å². The van der Waals surface area contributed by atoms with Crippen molar-refractivity contribution in [2.75, 3.05) is 0 Å². The molecule has 0 fully saturated rings. The number of carbonyl (C=O) groups is 2. The fourth-order valence-electron chi connectivity index (χ4n) is 3.28. The molecule has 0 aliphatic rings. The number of fused-ring (bicyclic) bond motifs is 1. The highest BCUT2D eigenvalue weighted by Gasteiger charge is 2.09. The van der Waals surface area contributed by atoms with E-state index < -0.39 is 11.9 Å². The van der Waals surface area contributed by atoms with Crippen LogP contribution in [-0.4, -0.2) is 32.1 Å². The number of carboxylic acids is 2. The molecule has 0 unspecified atom stereocenters. The number of nitrogens with zero attached hydrogens (tertiary/aromatic N) is 2. The van der Waals surface area contributed by atoms with Gasteiger partial charge in [0, 0.05) is 35.9 Å². The molecule has 170 valence electrons. The molecule has 6 heteroatoms. The Morgan fingerprint density at radius 2 is 1.03 bits per heavy atom. The molecule has 4 rings (SSSR count). The Hall–Kier alpha value is -4.58. The zero-order valence-electron chi connectivity index (χ0n) is 18.8. The molecule has 0 atom stereocenters. The van der Waals surface area contributed by atoms with Crippen molar-refractivity contribution in [1.82, 2.24) is 9.97 Å². The van der Waals surface area contributed by atoms with E-state index in [0.29, 0.717) is 0 Å². The van der Waals surface area contributed by atoms with Gasteiger partial charge in [0.1, 0.15) is 0 Å². The first-order chi connectivity index (χ1) is 16.4.